The van der Waals surface area contributed by atoms with Crippen molar-refractivity contribution in [2.45, 2.75) is 13.5 Å². The summed E-state index contributed by atoms with van der Waals surface area (Å²) in [5, 5.41) is 10.7. The average molecular weight is 386 g/mol. The number of halogens is 1. The summed E-state index contributed by atoms with van der Waals surface area (Å²) in [6.45, 7) is 1.88. The standard InChI is InChI=1S/C20H19FN2O5/c1-2-22(13-16-6-3-7-17(21)11-16)19(24)14-28-20(25)10-9-15-5-4-8-18(12-15)23(26)27/h3-12H,2,13-14H2,1H3/b10-9+. The molecule has 0 aromatic heterocycles. The highest BCUT2D eigenvalue weighted by molar-refractivity contribution is 5.89. The molecule has 0 N–H and O–H groups in total. The summed E-state index contributed by atoms with van der Waals surface area (Å²) in [6, 6.07) is 11.7. The van der Waals surface area contributed by atoms with E-state index in [9.17, 15) is 24.1 Å². The Labute approximate surface area is 161 Å². The number of carbonyl (C=O) groups is 2. The Morgan fingerprint density at radius 2 is 1.96 bits per heavy atom. The van der Waals surface area contributed by atoms with Crippen LogP contribution in [-0.2, 0) is 20.9 Å². The minimum Gasteiger partial charge on any atom is -0.452 e. The molecule has 0 spiro atoms. The minimum atomic E-state index is -0.748. The third kappa shape index (κ3) is 6.31. The van der Waals surface area contributed by atoms with Crippen molar-refractivity contribution in [3.8, 4) is 0 Å². The molecule has 2 aromatic carbocycles. The predicted molar refractivity (Wildman–Crippen MR) is 101 cm³/mol. The van der Waals surface area contributed by atoms with Gasteiger partial charge in [-0.3, -0.25) is 14.9 Å². The first-order valence-corrected chi connectivity index (χ1v) is 8.50. The lowest BCUT2D eigenvalue weighted by molar-refractivity contribution is -0.384. The number of ether oxygens (including phenoxy) is 1. The first-order chi connectivity index (χ1) is 13.4. The first-order valence-electron chi connectivity index (χ1n) is 8.50. The van der Waals surface area contributed by atoms with Crippen LogP contribution in [0.3, 0.4) is 0 Å². The fraction of sp³-hybridized carbons (Fsp3) is 0.200. The highest BCUT2D eigenvalue weighted by atomic mass is 19.1. The van der Waals surface area contributed by atoms with Crippen molar-refractivity contribution < 1.29 is 23.6 Å². The number of likely N-dealkylation sites (N-methyl/N-ethyl adjacent to an activating group) is 1. The predicted octanol–water partition coefficient (Wildman–Crippen LogP) is 3.34. The van der Waals surface area contributed by atoms with Crippen molar-refractivity contribution in [3.63, 3.8) is 0 Å². The molecule has 0 bridgehead atoms. The maximum atomic E-state index is 13.3. The van der Waals surface area contributed by atoms with Gasteiger partial charge in [0.05, 0.1) is 4.92 Å². The van der Waals surface area contributed by atoms with Gasteiger partial charge in [-0.15, -0.1) is 0 Å². The molecule has 2 aromatic rings. The third-order valence-electron chi connectivity index (χ3n) is 3.83. The normalized spacial score (nSPS) is 10.6. The average Bonchev–Trinajstić information content (AvgIpc) is 2.68. The number of benzene rings is 2. The smallest absolute Gasteiger partial charge is 0.331 e. The quantitative estimate of drug-likeness (QED) is 0.300. The number of nitrogens with zero attached hydrogens (tertiary/aromatic N) is 2. The van der Waals surface area contributed by atoms with Crippen LogP contribution in [0.4, 0.5) is 10.1 Å². The molecule has 1 amide bonds. The van der Waals surface area contributed by atoms with Crippen LogP contribution in [0.2, 0.25) is 0 Å². The topological polar surface area (TPSA) is 89.8 Å². The molecule has 0 aliphatic heterocycles. The monoisotopic (exact) mass is 386 g/mol. The van der Waals surface area contributed by atoms with E-state index in [4.69, 9.17) is 4.74 Å². The SMILES string of the molecule is CCN(Cc1cccc(F)c1)C(=O)COC(=O)/C=C/c1cccc([N+](=O)[O-])c1. The van der Waals surface area contributed by atoms with Gasteiger partial charge in [0.25, 0.3) is 11.6 Å². The first kappa shape index (κ1) is 20.8. The van der Waals surface area contributed by atoms with Crippen LogP contribution in [0, 0.1) is 15.9 Å². The van der Waals surface area contributed by atoms with Crippen LogP contribution >= 0.6 is 0 Å². The number of rotatable bonds is 8. The lowest BCUT2D eigenvalue weighted by Crippen LogP contribution is -2.34. The molecular weight excluding hydrogens is 367 g/mol. The lowest BCUT2D eigenvalue weighted by atomic mass is 10.2. The van der Waals surface area contributed by atoms with Gasteiger partial charge < -0.3 is 9.64 Å². The molecule has 0 heterocycles. The Kier molecular flexibility index (Phi) is 7.38. The van der Waals surface area contributed by atoms with Crippen molar-refractivity contribution >= 4 is 23.6 Å². The summed E-state index contributed by atoms with van der Waals surface area (Å²) in [5.41, 5.74) is 0.993. The van der Waals surface area contributed by atoms with Gasteiger partial charge in [-0.2, -0.15) is 0 Å². The second-order valence-electron chi connectivity index (χ2n) is 5.83. The number of hydrogen-bond acceptors (Lipinski definition) is 5. The van der Waals surface area contributed by atoms with E-state index in [1.807, 2.05) is 0 Å². The van der Waals surface area contributed by atoms with Crippen LogP contribution < -0.4 is 0 Å². The van der Waals surface area contributed by atoms with Crippen LogP contribution in [0.15, 0.2) is 54.6 Å². The minimum absolute atomic E-state index is 0.0957. The molecule has 7 nitrogen and oxygen atoms in total. The van der Waals surface area contributed by atoms with Gasteiger partial charge in [0.2, 0.25) is 0 Å². The molecule has 8 heteroatoms. The maximum absolute atomic E-state index is 13.3. The van der Waals surface area contributed by atoms with Crippen molar-refractivity contribution in [2.24, 2.45) is 0 Å². The number of hydrogen-bond donors (Lipinski definition) is 0. The van der Waals surface area contributed by atoms with Gasteiger partial charge in [-0.05, 0) is 36.3 Å². The van der Waals surface area contributed by atoms with Gasteiger partial charge in [0.1, 0.15) is 5.82 Å². The Bertz CT molecular complexity index is 898. The number of non-ortho nitro benzene ring substituents is 1. The van der Waals surface area contributed by atoms with E-state index in [1.165, 1.54) is 41.3 Å². The van der Waals surface area contributed by atoms with Crippen LogP contribution in [0.5, 0.6) is 0 Å². The second kappa shape index (κ2) is 9.96. The van der Waals surface area contributed by atoms with Crippen LogP contribution in [-0.4, -0.2) is 34.9 Å². The number of esters is 1. The van der Waals surface area contributed by atoms with Crippen LogP contribution in [0.25, 0.3) is 6.08 Å². The summed E-state index contributed by atoms with van der Waals surface area (Å²) in [4.78, 5) is 35.6. The zero-order valence-corrected chi connectivity index (χ0v) is 15.2. The third-order valence-corrected chi connectivity index (χ3v) is 3.83. The molecule has 0 fully saturated rings. The Balaban J connectivity index is 1.89. The van der Waals surface area contributed by atoms with Crippen molar-refractivity contribution in [2.75, 3.05) is 13.2 Å². The van der Waals surface area contributed by atoms with Crippen molar-refractivity contribution in [3.05, 3.63) is 81.7 Å². The zero-order valence-electron chi connectivity index (χ0n) is 15.2. The largest absolute Gasteiger partial charge is 0.452 e. The van der Waals surface area contributed by atoms with Gasteiger partial charge in [-0.25, -0.2) is 9.18 Å². The number of nitro groups is 1. The number of nitro benzene ring substituents is 1. The number of carbonyl (C=O) groups excluding carboxylic acids is 2. The second-order valence-corrected chi connectivity index (χ2v) is 5.83. The van der Waals surface area contributed by atoms with E-state index in [1.54, 1.807) is 25.1 Å². The molecule has 28 heavy (non-hydrogen) atoms. The van der Waals surface area contributed by atoms with E-state index in [0.29, 0.717) is 17.7 Å². The van der Waals surface area contributed by atoms with Crippen molar-refractivity contribution in [1.29, 1.82) is 0 Å². The molecule has 0 radical (unpaired) electrons. The summed E-state index contributed by atoms with van der Waals surface area (Å²) in [7, 11) is 0. The van der Waals surface area contributed by atoms with E-state index in [0.717, 1.165) is 6.08 Å². The molecule has 2 rings (SSSR count). The molecule has 0 unspecified atom stereocenters. The Morgan fingerprint density at radius 3 is 2.64 bits per heavy atom. The molecule has 0 aliphatic rings. The van der Waals surface area contributed by atoms with Gasteiger partial charge >= 0.3 is 5.97 Å². The van der Waals surface area contributed by atoms with Crippen molar-refractivity contribution in [1.82, 2.24) is 4.90 Å². The van der Waals surface area contributed by atoms with E-state index < -0.39 is 29.2 Å². The molecular formula is C20H19FN2O5. The Hall–Kier alpha value is -3.55. The zero-order chi connectivity index (χ0) is 20.5. The van der Waals surface area contributed by atoms with E-state index >= 15 is 0 Å². The summed E-state index contributed by atoms with van der Waals surface area (Å²) < 4.78 is 18.2. The lowest BCUT2D eigenvalue weighted by Gasteiger charge is -2.20. The van der Waals surface area contributed by atoms with Gasteiger partial charge in [0.15, 0.2) is 6.61 Å². The summed E-state index contributed by atoms with van der Waals surface area (Å²) in [5.74, 6) is -1.55. The molecule has 0 atom stereocenters. The molecule has 146 valence electrons. The highest BCUT2D eigenvalue weighted by Gasteiger charge is 2.14. The molecule has 0 saturated heterocycles. The van der Waals surface area contributed by atoms with E-state index in [2.05, 4.69) is 0 Å². The Morgan fingerprint density at radius 1 is 1.21 bits per heavy atom. The fourth-order valence-corrected chi connectivity index (χ4v) is 2.41. The maximum Gasteiger partial charge on any atom is 0.331 e. The fourth-order valence-electron chi connectivity index (χ4n) is 2.41. The highest BCUT2D eigenvalue weighted by Crippen LogP contribution is 2.14. The number of amides is 1. The molecule has 0 saturated carbocycles. The van der Waals surface area contributed by atoms with Gasteiger partial charge in [-0.1, -0.05) is 24.3 Å². The van der Waals surface area contributed by atoms with Gasteiger partial charge in [0, 0.05) is 31.3 Å². The summed E-state index contributed by atoms with van der Waals surface area (Å²) in [6.07, 6.45) is 2.46. The summed E-state index contributed by atoms with van der Waals surface area (Å²) >= 11 is 0. The molecule has 0 aliphatic carbocycles. The van der Waals surface area contributed by atoms with Crippen LogP contribution in [0.1, 0.15) is 18.1 Å². The van der Waals surface area contributed by atoms with E-state index in [-0.39, 0.29) is 12.2 Å².